The number of aromatic hydroxyl groups is 1. The molecule has 27 heavy (non-hydrogen) atoms. The summed E-state index contributed by atoms with van der Waals surface area (Å²) in [5, 5.41) is 18.6. The summed E-state index contributed by atoms with van der Waals surface area (Å²) in [6, 6.07) is 3.85. The number of nitrogens with one attached hydrogen (secondary N) is 1. The summed E-state index contributed by atoms with van der Waals surface area (Å²) in [6.45, 7) is 8.43. The molecule has 2 rings (SSSR count). The summed E-state index contributed by atoms with van der Waals surface area (Å²) in [6.07, 6.45) is -3.50. The Labute approximate surface area is 153 Å². The van der Waals surface area contributed by atoms with Gasteiger partial charge in [0, 0.05) is 12.1 Å². The minimum absolute atomic E-state index is 0.0637. The van der Waals surface area contributed by atoms with Crippen molar-refractivity contribution in [3.8, 4) is 11.5 Å². The Balaban J connectivity index is 2.31. The van der Waals surface area contributed by atoms with Crippen LogP contribution in [0.2, 0.25) is 0 Å². The number of halogens is 3. The molecule has 0 fully saturated rings. The van der Waals surface area contributed by atoms with Crippen LogP contribution in [0, 0.1) is 0 Å². The number of benzene rings is 1. The largest absolute Gasteiger partial charge is 0.504 e. The molecule has 0 atom stereocenters. The topological polar surface area (TPSA) is 89.3 Å². The average Bonchev–Trinajstić information content (AvgIpc) is 2.91. The second kappa shape index (κ2) is 7.29. The zero-order valence-electron chi connectivity index (χ0n) is 15.0. The van der Waals surface area contributed by atoms with Gasteiger partial charge in [-0.25, -0.2) is 0 Å². The van der Waals surface area contributed by atoms with E-state index in [9.17, 15) is 23.1 Å². The fourth-order valence-electron chi connectivity index (χ4n) is 2.15. The third kappa shape index (κ3) is 4.99. The monoisotopic (exact) mass is 384 g/mol. The highest BCUT2D eigenvalue weighted by molar-refractivity contribution is 6.03. The fourth-order valence-corrected chi connectivity index (χ4v) is 2.15. The van der Waals surface area contributed by atoms with E-state index >= 15 is 0 Å². The number of alkyl halides is 3. The summed E-state index contributed by atoms with van der Waals surface area (Å²) in [5.74, 6) is -2.46. The number of rotatable bonds is 5. The zero-order chi connectivity index (χ0) is 20.4. The van der Waals surface area contributed by atoms with Gasteiger partial charge in [-0.2, -0.15) is 13.2 Å². The number of nitrogens with zero attached hydrogens (tertiary/aromatic N) is 3. The molecule has 1 aromatic heterocycles. The number of hydrogen-bond acceptors (Lipinski definition) is 5. The summed E-state index contributed by atoms with van der Waals surface area (Å²) >= 11 is 0. The summed E-state index contributed by atoms with van der Waals surface area (Å²) in [4.78, 5) is 12.4. The van der Waals surface area contributed by atoms with Crippen molar-refractivity contribution in [2.24, 2.45) is 0 Å². The van der Waals surface area contributed by atoms with Gasteiger partial charge in [0.2, 0.25) is 11.8 Å². The summed E-state index contributed by atoms with van der Waals surface area (Å²) < 4.78 is 45.2. The van der Waals surface area contributed by atoms with E-state index in [2.05, 4.69) is 22.1 Å². The molecule has 0 saturated heterocycles. The van der Waals surface area contributed by atoms with Crippen molar-refractivity contribution in [2.75, 3.05) is 5.32 Å². The van der Waals surface area contributed by atoms with Crippen molar-refractivity contribution in [2.45, 2.75) is 39.1 Å². The number of hydrogen-bond donors (Lipinski definition) is 2. The van der Waals surface area contributed by atoms with Crippen molar-refractivity contribution in [3.05, 3.63) is 42.2 Å². The van der Waals surface area contributed by atoms with E-state index < -0.39 is 23.5 Å². The molecule has 0 bridgehead atoms. The number of phenolic OH excluding ortho intramolecular Hbond substituents is 1. The molecule has 0 aliphatic rings. The molecular formula is C17H19F3N4O3. The Bertz CT molecular complexity index is 854. The van der Waals surface area contributed by atoms with Gasteiger partial charge in [0.25, 0.3) is 5.91 Å². The van der Waals surface area contributed by atoms with Gasteiger partial charge in [-0.05, 0) is 39.0 Å². The van der Waals surface area contributed by atoms with Crippen molar-refractivity contribution in [1.29, 1.82) is 0 Å². The first-order valence-corrected chi connectivity index (χ1v) is 7.87. The predicted molar refractivity (Wildman–Crippen MR) is 91.7 cm³/mol. The van der Waals surface area contributed by atoms with Crippen LogP contribution in [0.5, 0.6) is 11.5 Å². The van der Waals surface area contributed by atoms with Gasteiger partial charge < -0.3 is 9.84 Å². The average molecular weight is 384 g/mol. The second-order valence-corrected chi connectivity index (χ2v) is 6.60. The number of allylic oxidation sites excluding steroid dienone is 1. The van der Waals surface area contributed by atoms with Crippen LogP contribution in [0.4, 0.5) is 19.1 Å². The molecule has 0 aliphatic carbocycles. The van der Waals surface area contributed by atoms with E-state index in [1.165, 1.54) is 24.3 Å². The third-order valence-electron chi connectivity index (χ3n) is 3.18. The quantitative estimate of drug-likeness (QED) is 0.769. The molecule has 0 unspecified atom stereocenters. The van der Waals surface area contributed by atoms with Crippen LogP contribution < -0.4 is 10.1 Å². The number of ether oxygens (including phenoxy) is 1. The van der Waals surface area contributed by atoms with Gasteiger partial charge in [0.15, 0.2) is 11.5 Å². The van der Waals surface area contributed by atoms with Crippen LogP contribution in [-0.2, 0) is 12.7 Å². The SMILES string of the molecule is C=CCn1c(NC(=O)c2ccc(O)c(OC(C)(C)C)c2)nnc1C(F)(F)F. The molecule has 146 valence electrons. The minimum Gasteiger partial charge on any atom is -0.504 e. The molecular weight excluding hydrogens is 365 g/mol. The lowest BCUT2D eigenvalue weighted by atomic mass is 10.1. The molecule has 7 nitrogen and oxygen atoms in total. The van der Waals surface area contributed by atoms with Crippen molar-refractivity contribution < 1.29 is 27.8 Å². The van der Waals surface area contributed by atoms with Crippen LogP contribution >= 0.6 is 0 Å². The third-order valence-corrected chi connectivity index (χ3v) is 3.18. The van der Waals surface area contributed by atoms with E-state index in [0.29, 0.717) is 4.57 Å². The first-order chi connectivity index (χ1) is 12.4. The normalized spacial score (nSPS) is 11.9. The molecule has 2 N–H and O–H groups in total. The first kappa shape index (κ1) is 20.3. The van der Waals surface area contributed by atoms with Crippen molar-refractivity contribution in [3.63, 3.8) is 0 Å². The fraction of sp³-hybridized carbons (Fsp3) is 0.353. The van der Waals surface area contributed by atoms with Crippen LogP contribution in [0.1, 0.15) is 37.0 Å². The molecule has 0 radical (unpaired) electrons. The molecule has 1 aromatic carbocycles. The predicted octanol–water partition coefficient (Wildman–Crippen LogP) is 3.62. The van der Waals surface area contributed by atoms with Gasteiger partial charge in [-0.15, -0.1) is 16.8 Å². The number of aromatic nitrogens is 3. The van der Waals surface area contributed by atoms with Crippen LogP contribution in [0.25, 0.3) is 0 Å². The zero-order valence-corrected chi connectivity index (χ0v) is 15.0. The van der Waals surface area contributed by atoms with Crippen molar-refractivity contribution in [1.82, 2.24) is 14.8 Å². The number of phenols is 1. The highest BCUT2D eigenvalue weighted by atomic mass is 19.4. The Hall–Kier alpha value is -3.04. The minimum atomic E-state index is -4.73. The van der Waals surface area contributed by atoms with Gasteiger partial charge in [-0.3, -0.25) is 14.7 Å². The summed E-state index contributed by atoms with van der Waals surface area (Å²) in [7, 11) is 0. The molecule has 1 amide bonds. The van der Waals surface area contributed by atoms with Gasteiger partial charge in [-0.1, -0.05) is 6.08 Å². The van der Waals surface area contributed by atoms with E-state index in [4.69, 9.17) is 4.74 Å². The molecule has 0 saturated carbocycles. The van der Waals surface area contributed by atoms with Crippen LogP contribution in [0.15, 0.2) is 30.9 Å². The van der Waals surface area contributed by atoms with E-state index in [0.717, 1.165) is 0 Å². The second-order valence-electron chi connectivity index (χ2n) is 6.60. The number of carbonyl (C=O) groups excluding carboxylic acids is 1. The maximum atomic E-state index is 13.0. The summed E-state index contributed by atoms with van der Waals surface area (Å²) in [5.41, 5.74) is -0.563. The molecule has 0 spiro atoms. The van der Waals surface area contributed by atoms with Gasteiger partial charge in [0.1, 0.15) is 5.60 Å². The number of amides is 1. The smallest absolute Gasteiger partial charge is 0.451 e. The van der Waals surface area contributed by atoms with E-state index in [-0.39, 0.29) is 29.6 Å². The number of anilines is 1. The highest BCUT2D eigenvalue weighted by Gasteiger charge is 2.38. The Kier molecular flexibility index (Phi) is 5.48. The molecule has 2 aromatic rings. The van der Waals surface area contributed by atoms with Gasteiger partial charge >= 0.3 is 6.18 Å². The Morgan fingerprint density at radius 3 is 2.56 bits per heavy atom. The molecule has 10 heteroatoms. The Morgan fingerprint density at radius 1 is 1.33 bits per heavy atom. The van der Waals surface area contributed by atoms with E-state index in [1.807, 2.05) is 0 Å². The van der Waals surface area contributed by atoms with Crippen LogP contribution in [-0.4, -0.2) is 31.4 Å². The molecule has 1 heterocycles. The number of carbonyl (C=O) groups is 1. The Morgan fingerprint density at radius 2 is 2.00 bits per heavy atom. The standard InChI is InChI=1S/C17H19F3N4O3/c1-5-8-24-14(17(18,19)20)22-23-15(24)21-13(26)10-6-7-11(25)12(9-10)27-16(2,3)4/h5-7,9,25H,1,8H2,2-4H3,(H,21,23,26). The van der Waals surface area contributed by atoms with E-state index in [1.54, 1.807) is 20.8 Å². The van der Waals surface area contributed by atoms with Gasteiger partial charge in [0.05, 0.1) is 0 Å². The molecule has 0 aliphatic heterocycles. The maximum absolute atomic E-state index is 13.0. The highest BCUT2D eigenvalue weighted by Crippen LogP contribution is 2.31. The van der Waals surface area contributed by atoms with Crippen molar-refractivity contribution >= 4 is 11.9 Å². The van der Waals surface area contributed by atoms with Crippen LogP contribution in [0.3, 0.4) is 0 Å². The first-order valence-electron chi connectivity index (χ1n) is 7.87. The lowest BCUT2D eigenvalue weighted by molar-refractivity contribution is -0.147. The lowest BCUT2D eigenvalue weighted by Gasteiger charge is -2.22. The maximum Gasteiger partial charge on any atom is 0.451 e. The lowest BCUT2D eigenvalue weighted by Crippen LogP contribution is -2.23.